The molecule has 0 bridgehead atoms. The molecule has 0 saturated carbocycles. The van der Waals surface area contributed by atoms with Gasteiger partial charge in [0, 0.05) is 106 Å². The number of hydrogen-bond donors (Lipinski definition) is 0. The molecular weight excluding hydrogens is 436 g/mol. The van der Waals surface area contributed by atoms with E-state index >= 15 is 0 Å². The van der Waals surface area contributed by atoms with Crippen molar-refractivity contribution in [2.45, 2.75) is 0 Å². The summed E-state index contributed by atoms with van der Waals surface area (Å²) in [6, 6.07) is 0. The van der Waals surface area contributed by atoms with Crippen LogP contribution in [0.3, 0.4) is 0 Å². The van der Waals surface area contributed by atoms with Gasteiger partial charge in [-0.2, -0.15) is 0 Å². The molecule has 0 unspecified atom stereocenters. The van der Waals surface area contributed by atoms with E-state index in [0.717, 1.165) is 0 Å². The second-order valence-corrected chi connectivity index (χ2v) is 0. The van der Waals surface area contributed by atoms with Gasteiger partial charge in [0.25, 0.3) is 0 Å². The molecule has 0 fully saturated rings. The molecule has 0 aliphatic heterocycles. The van der Waals surface area contributed by atoms with Crippen LogP contribution in [0.25, 0.3) is 0 Å². The smallest absolute Gasteiger partial charge is 0 e. The molecular formula is Ge6. The van der Waals surface area contributed by atoms with E-state index in [9.17, 15) is 0 Å². The van der Waals surface area contributed by atoms with Crippen molar-refractivity contribution in [3.8, 4) is 0 Å². The Labute approximate surface area is 104 Å². The van der Waals surface area contributed by atoms with Crippen molar-refractivity contribution in [2.24, 2.45) is 0 Å². The zero-order valence-corrected chi connectivity index (χ0v) is 15.6. The van der Waals surface area contributed by atoms with Crippen molar-refractivity contribution in [1.29, 1.82) is 0 Å². The maximum absolute atomic E-state index is 0. The van der Waals surface area contributed by atoms with Crippen LogP contribution in [0, 0.1) is 0 Å². The molecule has 6 heteroatoms. The van der Waals surface area contributed by atoms with E-state index < -0.39 is 0 Å². The van der Waals surface area contributed by atoms with E-state index in [-0.39, 0.29) is 106 Å². The topological polar surface area (TPSA) is 0 Å². The van der Waals surface area contributed by atoms with Gasteiger partial charge in [-0.25, -0.2) is 0 Å². The van der Waals surface area contributed by atoms with Crippen LogP contribution in [0.1, 0.15) is 0 Å². The first kappa shape index (κ1) is 59.5. The van der Waals surface area contributed by atoms with Gasteiger partial charge in [0.2, 0.25) is 0 Å². The molecule has 0 aromatic carbocycles. The standard InChI is InChI=1S/6Ge. The van der Waals surface area contributed by atoms with Crippen LogP contribution in [0.5, 0.6) is 0 Å². The first-order valence-electron chi connectivity index (χ1n) is 0. The van der Waals surface area contributed by atoms with Gasteiger partial charge < -0.3 is 0 Å². The Morgan fingerprint density at radius 2 is 0.167 bits per heavy atom. The van der Waals surface area contributed by atoms with E-state index in [0.29, 0.717) is 0 Å². The minimum absolute atomic E-state index is 0. The maximum atomic E-state index is 0. The van der Waals surface area contributed by atoms with Gasteiger partial charge in [-0.05, 0) is 0 Å². The SMILES string of the molecule is [Ge].[Ge].[Ge].[Ge].[Ge].[Ge]. The Morgan fingerprint density at radius 3 is 0.167 bits per heavy atom. The van der Waals surface area contributed by atoms with Crippen LogP contribution in [0.2, 0.25) is 0 Å². The molecule has 0 rings (SSSR count). The van der Waals surface area contributed by atoms with E-state index in [1.807, 2.05) is 0 Å². The van der Waals surface area contributed by atoms with Crippen molar-refractivity contribution in [3.63, 3.8) is 0 Å². The average Bonchev–Trinajstić information content (AvgIpc) is 0. The largest absolute Gasteiger partial charge is 0 e. The zero-order chi connectivity index (χ0) is 0. The van der Waals surface area contributed by atoms with Crippen molar-refractivity contribution in [2.75, 3.05) is 0 Å². The Balaban J connectivity index is 0. The zero-order valence-electron chi connectivity index (χ0n) is 3.00. The van der Waals surface area contributed by atoms with Crippen LogP contribution >= 0.6 is 0 Å². The van der Waals surface area contributed by atoms with Crippen molar-refractivity contribution in [3.05, 3.63) is 0 Å². The summed E-state index contributed by atoms with van der Waals surface area (Å²) in [5.74, 6) is 0. The fourth-order valence-electron chi connectivity index (χ4n) is 0. The van der Waals surface area contributed by atoms with Gasteiger partial charge in [0.05, 0.1) is 0 Å². The van der Waals surface area contributed by atoms with E-state index in [2.05, 4.69) is 0 Å². The average molecular weight is 436 g/mol. The monoisotopic (exact) mass is 444 g/mol. The molecule has 0 N–H and O–H groups in total. The first-order chi connectivity index (χ1) is 0. The van der Waals surface area contributed by atoms with E-state index in [4.69, 9.17) is 0 Å². The van der Waals surface area contributed by atoms with E-state index in [1.165, 1.54) is 0 Å². The molecule has 0 amide bonds. The van der Waals surface area contributed by atoms with Crippen LogP contribution < -0.4 is 0 Å². The minimum atomic E-state index is 0. The minimum Gasteiger partial charge on any atom is 0 e. The molecule has 6 heavy (non-hydrogen) atoms. The van der Waals surface area contributed by atoms with Gasteiger partial charge in [0.1, 0.15) is 0 Å². The Morgan fingerprint density at radius 1 is 0.167 bits per heavy atom. The molecule has 0 aromatic heterocycles. The van der Waals surface area contributed by atoms with Gasteiger partial charge in [-0.3, -0.25) is 0 Å². The number of rotatable bonds is 0. The molecule has 0 nitrogen and oxygen atoms in total. The van der Waals surface area contributed by atoms with Crippen LogP contribution in [-0.4, -0.2) is 106 Å². The molecule has 0 aliphatic rings. The summed E-state index contributed by atoms with van der Waals surface area (Å²) in [4.78, 5) is 0. The second-order valence-electron chi connectivity index (χ2n) is 0. The summed E-state index contributed by atoms with van der Waals surface area (Å²) < 4.78 is 0. The summed E-state index contributed by atoms with van der Waals surface area (Å²) in [6.45, 7) is 0. The molecule has 0 saturated heterocycles. The summed E-state index contributed by atoms with van der Waals surface area (Å²) in [5.41, 5.74) is 0. The summed E-state index contributed by atoms with van der Waals surface area (Å²) in [5, 5.41) is 0. The first-order valence-corrected chi connectivity index (χ1v) is 0. The quantitative estimate of drug-likeness (QED) is 0.376. The molecule has 0 atom stereocenters. The third-order valence-corrected chi connectivity index (χ3v) is 0. The molecule has 0 aliphatic carbocycles. The maximum Gasteiger partial charge on any atom is 0 e. The van der Waals surface area contributed by atoms with Crippen molar-refractivity contribution >= 4 is 106 Å². The van der Waals surface area contributed by atoms with Gasteiger partial charge >= 0.3 is 0 Å². The van der Waals surface area contributed by atoms with Crippen LogP contribution in [0.4, 0.5) is 0 Å². The van der Waals surface area contributed by atoms with Crippen LogP contribution in [0.15, 0.2) is 0 Å². The third kappa shape index (κ3) is 26.8. The fraction of sp³-hybridized carbons (Fsp3) is 0. The predicted octanol–water partition coefficient (Wildman–Crippen LogP) is -2.28. The van der Waals surface area contributed by atoms with Crippen LogP contribution in [-0.2, 0) is 0 Å². The van der Waals surface area contributed by atoms with E-state index in [1.54, 1.807) is 0 Å². The van der Waals surface area contributed by atoms with Gasteiger partial charge in [-0.1, -0.05) is 0 Å². The molecule has 0 aromatic rings. The van der Waals surface area contributed by atoms with Gasteiger partial charge in [0.15, 0.2) is 0 Å². The number of hydrogen-bond acceptors (Lipinski definition) is 0. The molecule has 0 heterocycles. The fourth-order valence-corrected chi connectivity index (χ4v) is 0. The second kappa shape index (κ2) is 41.0. The Bertz CT molecular complexity index is 0. The van der Waals surface area contributed by atoms with Gasteiger partial charge in [-0.15, -0.1) is 0 Å². The Kier molecular flexibility index (Phi) is 406. The molecule has 24 radical (unpaired) electrons. The summed E-state index contributed by atoms with van der Waals surface area (Å²) in [7, 11) is 0. The normalized spacial score (nSPS) is 0. The molecule has 0 spiro atoms. The summed E-state index contributed by atoms with van der Waals surface area (Å²) >= 11 is 0. The Hall–Kier alpha value is 3.26. The summed E-state index contributed by atoms with van der Waals surface area (Å²) in [6.07, 6.45) is 0. The predicted molar refractivity (Wildman–Crippen MR) is 34.5 cm³/mol. The third-order valence-electron chi connectivity index (χ3n) is 0. The molecule has 24 valence electrons. The van der Waals surface area contributed by atoms with Crippen molar-refractivity contribution in [1.82, 2.24) is 0 Å². The van der Waals surface area contributed by atoms with Crippen molar-refractivity contribution < 1.29 is 0 Å².